The van der Waals surface area contributed by atoms with Crippen molar-refractivity contribution < 1.29 is 4.74 Å². The van der Waals surface area contributed by atoms with Crippen LogP contribution in [0.5, 0.6) is 5.75 Å². The number of ether oxygens (including phenoxy) is 1. The van der Waals surface area contributed by atoms with Crippen molar-refractivity contribution in [2.24, 2.45) is 0 Å². The topological polar surface area (TPSA) is 9.23 Å². The summed E-state index contributed by atoms with van der Waals surface area (Å²) in [7, 11) is 0. The Bertz CT molecular complexity index is 238. The summed E-state index contributed by atoms with van der Waals surface area (Å²) in [6, 6.07) is 7.81. The zero-order valence-corrected chi connectivity index (χ0v) is 7.05. The molecule has 2 heteroatoms. The van der Waals surface area contributed by atoms with Gasteiger partial charge in [-0.3, -0.25) is 0 Å². The van der Waals surface area contributed by atoms with E-state index >= 15 is 0 Å². The highest BCUT2D eigenvalue weighted by Crippen LogP contribution is 2.26. The molecule has 0 heterocycles. The van der Waals surface area contributed by atoms with Gasteiger partial charge in [0.05, 0.1) is 6.10 Å². The van der Waals surface area contributed by atoms with Gasteiger partial charge in [0.1, 0.15) is 5.75 Å². The van der Waals surface area contributed by atoms with Crippen LogP contribution < -0.4 is 4.74 Å². The number of rotatable bonds is 2. The molecule has 1 aromatic rings. The Balaban J connectivity index is 2.06. The summed E-state index contributed by atoms with van der Waals surface area (Å²) in [6.07, 6.45) is 2.91. The van der Waals surface area contributed by atoms with E-state index in [1.807, 2.05) is 24.3 Å². The van der Waals surface area contributed by atoms with Crippen molar-refractivity contribution in [3.63, 3.8) is 0 Å². The summed E-state index contributed by atoms with van der Waals surface area (Å²) < 4.78 is 5.55. The lowest BCUT2D eigenvalue weighted by molar-refractivity contribution is 0.303. The first-order valence-corrected chi connectivity index (χ1v) is 4.25. The molecule has 0 aromatic heterocycles. The third kappa shape index (κ3) is 1.90. The van der Waals surface area contributed by atoms with E-state index in [4.69, 9.17) is 4.74 Å². The molecule has 1 saturated carbocycles. The van der Waals surface area contributed by atoms with Gasteiger partial charge < -0.3 is 4.74 Å². The molecule has 0 N–H and O–H groups in total. The summed E-state index contributed by atoms with van der Waals surface area (Å²) in [4.78, 5) is 0.980. The largest absolute Gasteiger partial charge is 0.490 e. The lowest BCUT2D eigenvalue weighted by Crippen LogP contribution is -1.94. The van der Waals surface area contributed by atoms with Crippen molar-refractivity contribution in [1.82, 2.24) is 0 Å². The van der Waals surface area contributed by atoms with E-state index in [9.17, 15) is 0 Å². The lowest BCUT2D eigenvalue weighted by Gasteiger charge is -2.02. The van der Waals surface area contributed by atoms with Gasteiger partial charge in [0, 0.05) is 4.90 Å². The summed E-state index contributed by atoms with van der Waals surface area (Å²) in [5.41, 5.74) is 0. The maximum Gasteiger partial charge on any atom is 0.119 e. The van der Waals surface area contributed by atoms with Crippen LogP contribution in [0.4, 0.5) is 0 Å². The fourth-order valence-electron chi connectivity index (χ4n) is 0.903. The highest BCUT2D eigenvalue weighted by molar-refractivity contribution is 7.80. The Labute approximate surface area is 71.8 Å². The highest BCUT2D eigenvalue weighted by atomic mass is 32.1. The Hall–Kier alpha value is -0.630. The summed E-state index contributed by atoms with van der Waals surface area (Å²) in [5, 5.41) is 0. The smallest absolute Gasteiger partial charge is 0.119 e. The summed E-state index contributed by atoms with van der Waals surface area (Å²) >= 11 is 4.18. The standard InChI is InChI=1S/C9H10OS/c11-9-5-3-8(4-6-9)10-7-1-2-7/h3-7,11H,1-2H2. The Morgan fingerprint density at radius 2 is 1.82 bits per heavy atom. The highest BCUT2D eigenvalue weighted by Gasteiger charge is 2.23. The number of thiol groups is 1. The SMILES string of the molecule is Sc1ccc(OC2CC2)cc1. The van der Waals surface area contributed by atoms with E-state index in [0.29, 0.717) is 6.10 Å². The van der Waals surface area contributed by atoms with Gasteiger partial charge in [-0.1, -0.05) is 0 Å². The van der Waals surface area contributed by atoms with Crippen molar-refractivity contribution in [1.29, 1.82) is 0 Å². The van der Waals surface area contributed by atoms with E-state index in [0.717, 1.165) is 10.6 Å². The second-order valence-corrected chi connectivity index (χ2v) is 3.33. The van der Waals surface area contributed by atoms with Gasteiger partial charge in [-0.05, 0) is 37.1 Å². The normalized spacial score (nSPS) is 16.5. The van der Waals surface area contributed by atoms with Crippen LogP contribution in [0.25, 0.3) is 0 Å². The Kier molecular flexibility index (Phi) is 1.78. The maximum atomic E-state index is 5.55. The summed E-state index contributed by atoms with van der Waals surface area (Å²) in [5.74, 6) is 0.963. The van der Waals surface area contributed by atoms with E-state index in [2.05, 4.69) is 12.6 Å². The molecule has 11 heavy (non-hydrogen) atoms. The molecule has 58 valence electrons. The quantitative estimate of drug-likeness (QED) is 0.664. The first kappa shape index (κ1) is 7.04. The molecule has 2 rings (SSSR count). The third-order valence-corrected chi connectivity index (χ3v) is 1.96. The molecule has 1 nitrogen and oxygen atoms in total. The van der Waals surface area contributed by atoms with Crippen molar-refractivity contribution in [2.75, 3.05) is 0 Å². The molecule has 1 aromatic carbocycles. The second-order valence-electron chi connectivity index (χ2n) is 2.81. The molecule has 0 bridgehead atoms. The van der Waals surface area contributed by atoms with Crippen molar-refractivity contribution in [3.8, 4) is 5.75 Å². The minimum atomic E-state index is 0.487. The molecule has 0 spiro atoms. The van der Waals surface area contributed by atoms with E-state index in [1.165, 1.54) is 12.8 Å². The minimum absolute atomic E-state index is 0.487. The average Bonchev–Trinajstić information content (AvgIpc) is 2.78. The minimum Gasteiger partial charge on any atom is -0.490 e. The molecule has 1 aliphatic carbocycles. The van der Waals surface area contributed by atoms with Crippen molar-refractivity contribution in [2.45, 2.75) is 23.8 Å². The molecule has 1 aliphatic rings. The fourth-order valence-corrected chi connectivity index (χ4v) is 1.05. The van der Waals surface area contributed by atoms with Crippen LogP contribution >= 0.6 is 12.6 Å². The average molecular weight is 166 g/mol. The van der Waals surface area contributed by atoms with Crippen LogP contribution in [0.1, 0.15) is 12.8 Å². The van der Waals surface area contributed by atoms with Gasteiger partial charge >= 0.3 is 0 Å². The molecular formula is C9H10OS. The van der Waals surface area contributed by atoms with Gasteiger partial charge in [0.15, 0.2) is 0 Å². The number of hydrogen-bond donors (Lipinski definition) is 1. The van der Waals surface area contributed by atoms with Gasteiger partial charge in [0.25, 0.3) is 0 Å². The molecule has 0 radical (unpaired) electrons. The Morgan fingerprint density at radius 1 is 1.18 bits per heavy atom. The molecule has 0 unspecified atom stereocenters. The second kappa shape index (κ2) is 2.78. The van der Waals surface area contributed by atoms with E-state index < -0.39 is 0 Å². The molecule has 0 atom stereocenters. The molecule has 1 fully saturated rings. The fraction of sp³-hybridized carbons (Fsp3) is 0.333. The lowest BCUT2D eigenvalue weighted by atomic mass is 10.3. The monoisotopic (exact) mass is 166 g/mol. The first-order valence-electron chi connectivity index (χ1n) is 3.80. The summed E-state index contributed by atoms with van der Waals surface area (Å²) in [6.45, 7) is 0. The first-order chi connectivity index (χ1) is 5.34. The van der Waals surface area contributed by atoms with Crippen LogP contribution in [-0.4, -0.2) is 6.10 Å². The molecule has 0 amide bonds. The zero-order chi connectivity index (χ0) is 7.68. The van der Waals surface area contributed by atoms with Crippen molar-refractivity contribution in [3.05, 3.63) is 24.3 Å². The van der Waals surface area contributed by atoms with Crippen LogP contribution in [0.15, 0.2) is 29.2 Å². The molecule has 0 aliphatic heterocycles. The van der Waals surface area contributed by atoms with E-state index in [-0.39, 0.29) is 0 Å². The van der Waals surface area contributed by atoms with Crippen LogP contribution in [0.3, 0.4) is 0 Å². The van der Waals surface area contributed by atoms with Gasteiger partial charge in [0.2, 0.25) is 0 Å². The molecular weight excluding hydrogens is 156 g/mol. The van der Waals surface area contributed by atoms with Crippen LogP contribution in [0, 0.1) is 0 Å². The van der Waals surface area contributed by atoms with Gasteiger partial charge in [-0.2, -0.15) is 0 Å². The third-order valence-electron chi connectivity index (χ3n) is 1.66. The van der Waals surface area contributed by atoms with Crippen LogP contribution in [-0.2, 0) is 0 Å². The van der Waals surface area contributed by atoms with Gasteiger partial charge in [-0.15, -0.1) is 12.6 Å². The predicted molar refractivity (Wildman–Crippen MR) is 47.3 cm³/mol. The maximum absolute atomic E-state index is 5.55. The number of hydrogen-bond acceptors (Lipinski definition) is 2. The van der Waals surface area contributed by atoms with Crippen molar-refractivity contribution >= 4 is 12.6 Å². The van der Waals surface area contributed by atoms with E-state index in [1.54, 1.807) is 0 Å². The van der Waals surface area contributed by atoms with Crippen LogP contribution in [0.2, 0.25) is 0 Å². The zero-order valence-electron chi connectivity index (χ0n) is 6.16. The number of benzene rings is 1. The Morgan fingerprint density at radius 3 is 2.36 bits per heavy atom. The molecule has 0 saturated heterocycles. The predicted octanol–water partition coefficient (Wildman–Crippen LogP) is 2.52. The van der Waals surface area contributed by atoms with Gasteiger partial charge in [-0.25, -0.2) is 0 Å².